The number of methoxy groups -OCH3 is 1. The number of imide groups is 1. The summed E-state index contributed by atoms with van der Waals surface area (Å²) in [7, 11) is 1.51. The van der Waals surface area contributed by atoms with Crippen LogP contribution in [0.25, 0.3) is 0 Å². The number of rotatable bonds is 2. The molecule has 0 radical (unpaired) electrons. The molecule has 2 amide bonds. The van der Waals surface area contributed by atoms with Crippen molar-refractivity contribution in [3.05, 3.63) is 23.8 Å². The molecule has 18 heavy (non-hydrogen) atoms. The maximum Gasteiger partial charge on any atom is 0.250 e. The summed E-state index contributed by atoms with van der Waals surface area (Å²) in [6.45, 7) is 1.89. The highest BCUT2D eigenvalue weighted by molar-refractivity contribution is 6.19. The van der Waals surface area contributed by atoms with Crippen molar-refractivity contribution in [2.75, 3.05) is 12.0 Å². The lowest BCUT2D eigenvalue weighted by molar-refractivity contribution is -0.130. The maximum atomic E-state index is 12.0. The number of aryl methyl sites for hydroxylation is 1. The Kier molecular flexibility index (Phi) is 3.34. The molecule has 5 nitrogen and oxygen atoms in total. The fourth-order valence-electron chi connectivity index (χ4n) is 2.03. The molecule has 1 atom stereocenters. The van der Waals surface area contributed by atoms with Crippen molar-refractivity contribution in [1.29, 1.82) is 0 Å². The Labute approximate surface area is 106 Å². The highest BCUT2D eigenvalue weighted by atomic mass is 16.5. The monoisotopic (exact) mass is 248 g/mol. The third-order valence-corrected chi connectivity index (χ3v) is 3.03. The molecule has 2 rings (SSSR count). The SMILES string of the molecule is COc1ccc(C)cc1N1C(=O)CCC(N)C1=O. The molecule has 1 aliphatic heterocycles. The Bertz CT molecular complexity index is 499. The van der Waals surface area contributed by atoms with E-state index in [0.717, 1.165) is 10.5 Å². The molecular formula is C13H16N2O3. The number of piperidine rings is 1. The largest absolute Gasteiger partial charge is 0.495 e. The lowest BCUT2D eigenvalue weighted by Gasteiger charge is -2.29. The second kappa shape index (κ2) is 4.78. The van der Waals surface area contributed by atoms with Crippen molar-refractivity contribution < 1.29 is 14.3 Å². The zero-order valence-corrected chi connectivity index (χ0v) is 10.5. The summed E-state index contributed by atoms with van der Waals surface area (Å²) in [6.07, 6.45) is 0.687. The third-order valence-electron chi connectivity index (χ3n) is 3.03. The molecule has 1 aromatic carbocycles. The van der Waals surface area contributed by atoms with E-state index in [1.807, 2.05) is 13.0 Å². The van der Waals surface area contributed by atoms with E-state index in [1.165, 1.54) is 7.11 Å². The minimum atomic E-state index is -0.618. The first-order valence-corrected chi connectivity index (χ1v) is 5.81. The van der Waals surface area contributed by atoms with Gasteiger partial charge in [-0.05, 0) is 31.0 Å². The van der Waals surface area contributed by atoms with E-state index >= 15 is 0 Å². The van der Waals surface area contributed by atoms with Gasteiger partial charge in [-0.2, -0.15) is 0 Å². The number of carbonyl (C=O) groups excluding carboxylic acids is 2. The van der Waals surface area contributed by atoms with E-state index in [4.69, 9.17) is 10.5 Å². The summed E-state index contributed by atoms with van der Waals surface area (Å²) in [5, 5.41) is 0. The second-order valence-electron chi connectivity index (χ2n) is 4.39. The van der Waals surface area contributed by atoms with Gasteiger partial charge in [-0.25, -0.2) is 4.90 Å². The van der Waals surface area contributed by atoms with Gasteiger partial charge in [0, 0.05) is 6.42 Å². The van der Waals surface area contributed by atoms with Crippen LogP contribution in [0.3, 0.4) is 0 Å². The summed E-state index contributed by atoms with van der Waals surface area (Å²) in [5.41, 5.74) is 7.14. The van der Waals surface area contributed by atoms with Crippen LogP contribution in [0.1, 0.15) is 18.4 Å². The number of ether oxygens (including phenoxy) is 1. The van der Waals surface area contributed by atoms with Gasteiger partial charge in [0.1, 0.15) is 5.75 Å². The quantitative estimate of drug-likeness (QED) is 0.792. The second-order valence-corrected chi connectivity index (χ2v) is 4.39. The molecule has 0 spiro atoms. The van der Waals surface area contributed by atoms with Crippen LogP contribution in [0, 0.1) is 6.92 Å². The lowest BCUT2D eigenvalue weighted by atomic mass is 10.0. The molecule has 1 unspecified atom stereocenters. The zero-order valence-electron chi connectivity index (χ0n) is 10.5. The molecular weight excluding hydrogens is 232 g/mol. The van der Waals surface area contributed by atoms with Gasteiger partial charge in [0.2, 0.25) is 5.91 Å². The number of benzene rings is 1. The molecule has 1 fully saturated rings. The van der Waals surface area contributed by atoms with Crippen LogP contribution < -0.4 is 15.4 Å². The van der Waals surface area contributed by atoms with Crippen LogP contribution in [-0.4, -0.2) is 25.0 Å². The first kappa shape index (κ1) is 12.6. The average molecular weight is 248 g/mol. The van der Waals surface area contributed by atoms with Gasteiger partial charge in [-0.3, -0.25) is 9.59 Å². The highest BCUT2D eigenvalue weighted by Gasteiger charge is 2.34. The van der Waals surface area contributed by atoms with Crippen LogP contribution >= 0.6 is 0 Å². The van der Waals surface area contributed by atoms with E-state index < -0.39 is 6.04 Å². The van der Waals surface area contributed by atoms with Gasteiger partial charge in [0.25, 0.3) is 5.91 Å². The smallest absolute Gasteiger partial charge is 0.250 e. The van der Waals surface area contributed by atoms with Crippen molar-refractivity contribution in [2.45, 2.75) is 25.8 Å². The zero-order chi connectivity index (χ0) is 13.3. The molecule has 0 aromatic heterocycles. The van der Waals surface area contributed by atoms with Crippen LogP contribution in [0.15, 0.2) is 18.2 Å². The van der Waals surface area contributed by atoms with E-state index in [0.29, 0.717) is 17.9 Å². The van der Waals surface area contributed by atoms with Crippen molar-refractivity contribution in [3.8, 4) is 5.75 Å². The number of anilines is 1. The first-order valence-electron chi connectivity index (χ1n) is 5.81. The Balaban J connectivity index is 2.48. The summed E-state index contributed by atoms with van der Waals surface area (Å²) in [5.74, 6) is -0.0999. The minimum absolute atomic E-state index is 0.231. The molecule has 0 bridgehead atoms. The fraction of sp³-hybridized carbons (Fsp3) is 0.385. The lowest BCUT2D eigenvalue weighted by Crippen LogP contribution is -2.51. The minimum Gasteiger partial charge on any atom is -0.495 e. The molecule has 96 valence electrons. The standard InChI is InChI=1S/C13H16N2O3/c1-8-3-5-11(18-2)10(7-8)15-12(16)6-4-9(14)13(15)17/h3,5,7,9H,4,6,14H2,1-2H3. The third kappa shape index (κ3) is 2.09. The Morgan fingerprint density at radius 3 is 2.78 bits per heavy atom. The predicted octanol–water partition coefficient (Wildman–Crippen LogP) is 0.984. The molecule has 1 heterocycles. The first-order chi connectivity index (χ1) is 8.54. The normalized spacial score (nSPS) is 20.2. The van der Waals surface area contributed by atoms with Gasteiger partial charge in [-0.1, -0.05) is 6.07 Å². The highest BCUT2D eigenvalue weighted by Crippen LogP contribution is 2.32. The number of hydrogen-bond donors (Lipinski definition) is 1. The van der Waals surface area contributed by atoms with Crippen molar-refractivity contribution >= 4 is 17.5 Å². The van der Waals surface area contributed by atoms with Gasteiger partial charge in [-0.15, -0.1) is 0 Å². The molecule has 1 aromatic rings. The Morgan fingerprint density at radius 2 is 2.11 bits per heavy atom. The maximum absolute atomic E-state index is 12.0. The molecule has 5 heteroatoms. The fourth-order valence-corrected chi connectivity index (χ4v) is 2.03. The molecule has 0 aliphatic carbocycles. The number of hydrogen-bond acceptors (Lipinski definition) is 4. The number of carbonyl (C=O) groups is 2. The number of nitrogens with zero attached hydrogens (tertiary/aromatic N) is 1. The molecule has 2 N–H and O–H groups in total. The molecule has 1 saturated heterocycles. The average Bonchev–Trinajstić information content (AvgIpc) is 2.35. The predicted molar refractivity (Wildman–Crippen MR) is 67.4 cm³/mol. The van der Waals surface area contributed by atoms with Crippen molar-refractivity contribution in [1.82, 2.24) is 0 Å². The van der Waals surface area contributed by atoms with Crippen LogP contribution in [0.2, 0.25) is 0 Å². The Hall–Kier alpha value is -1.88. The van der Waals surface area contributed by atoms with Crippen LogP contribution in [0.4, 0.5) is 5.69 Å². The van der Waals surface area contributed by atoms with E-state index in [2.05, 4.69) is 0 Å². The van der Waals surface area contributed by atoms with Crippen LogP contribution in [0.5, 0.6) is 5.75 Å². The summed E-state index contributed by atoms with van der Waals surface area (Å²) >= 11 is 0. The van der Waals surface area contributed by atoms with Gasteiger partial charge < -0.3 is 10.5 Å². The number of amides is 2. The molecule has 1 aliphatic rings. The van der Waals surface area contributed by atoms with E-state index in [-0.39, 0.29) is 18.2 Å². The Morgan fingerprint density at radius 1 is 1.39 bits per heavy atom. The van der Waals surface area contributed by atoms with Gasteiger partial charge >= 0.3 is 0 Å². The molecule has 0 saturated carbocycles. The van der Waals surface area contributed by atoms with Crippen LogP contribution in [-0.2, 0) is 9.59 Å². The van der Waals surface area contributed by atoms with Crippen molar-refractivity contribution in [3.63, 3.8) is 0 Å². The summed E-state index contributed by atoms with van der Waals surface area (Å²) < 4.78 is 5.20. The van der Waals surface area contributed by atoms with E-state index in [1.54, 1.807) is 12.1 Å². The van der Waals surface area contributed by atoms with E-state index in [9.17, 15) is 9.59 Å². The van der Waals surface area contributed by atoms with Gasteiger partial charge in [0.05, 0.1) is 18.8 Å². The summed E-state index contributed by atoms with van der Waals surface area (Å²) in [6, 6.07) is 4.74. The summed E-state index contributed by atoms with van der Waals surface area (Å²) in [4.78, 5) is 25.1. The topological polar surface area (TPSA) is 72.6 Å². The van der Waals surface area contributed by atoms with Gasteiger partial charge in [0.15, 0.2) is 0 Å². The van der Waals surface area contributed by atoms with Crippen molar-refractivity contribution in [2.24, 2.45) is 5.73 Å². The number of nitrogens with two attached hydrogens (primary N) is 1.